The zero-order valence-electron chi connectivity index (χ0n) is 17.0. The molecule has 1 aliphatic rings. The van der Waals surface area contributed by atoms with Crippen LogP contribution in [0.2, 0.25) is 0 Å². The lowest BCUT2D eigenvalue weighted by Crippen LogP contribution is -2.56. The minimum Gasteiger partial charge on any atom is -0.490 e. The first kappa shape index (κ1) is 21.6. The van der Waals surface area contributed by atoms with Crippen molar-refractivity contribution in [1.29, 1.82) is 0 Å². The average molecular weight is 379 g/mol. The molecule has 1 fully saturated rings. The number of pyridine rings is 1. The number of aliphatic hydroxyl groups is 1. The molecule has 1 aliphatic carbocycles. The summed E-state index contributed by atoms with van der Waals surface area (Å²) in [4.78, 5) is 16.6. The van der Waals surface area contributed by atoms with Crippen molar-refractivity contribution in [2.24, 2.45) is 17.6 Å². The summed E-state index contributed by atoms with van der Waals surface area (Å²) < 4.78 is 10.9. The van der Waals surface area contributed by atoms with Gasteiger partial charge in [-0.3, -0.25) is 4.98 Å². The zero-order valence-corrected chi connectivity index (χ0v) is 17.0. The van der Waals surface area contributed by atoms with Gasteiger partial charge >= 0.3 is 5.97 Å². The van der Waals surface area contributed by atoms with Crippen molar-refractivity contribution in [3.63, 3.8) is 0 Å². The third kappa shape index (κ3) is 5.91. The van der Waals surface area contributed by atoms with E-state index in [0.717, 1.165) is 18.8 Å². The summed E-state index contributed by atoms with van der Waals surface area (Å²) in [5, 5.41) is 11.0. The largest absolute Gasteiger partial charge is 0.490 e. The molecular formula is C21H34N2O4. The van der Waals surface area contributed by atoms with Crippen molar-refractivity contribution >= 4 is 5.97 Å². The molecule has 6 heteroatoms. The van der Waals surface area contributed by atoms with Crippen molar-refractivity contribution in [1.82, 2.24) is 4.98 Å². The maximum Gasteiger partial charge on any atom is 0.339 e. The van der Waals surface area contributed by atoms with Gasteiger partial charge in [0.15, 0.2) is 5.60 Å². The van der Waals surface area contributed by atoms with Crippen molar-refractivity contribution in [2.45, 2.75) is 77.0 Å². The Hall–Kier alpha value is -1.66. The summed E-state index contributed by atoms with van der Waals surface area (Å²) in [6.45, 7) is 6.26. The van der Waals surface area contributed by atoms with E-state index >= 15 is 0 Å². The van der Waals surface area contributed by atoms with E-state index in [1.165, 1.54) is 20.0 Å². The summed E-state index contributed by atoms with van der Waals surface area (Å²) in [7, 11) is 1.26. The second-order valence-corrected chi connectivity index (χ2v) is 8.31. The maximum atomic E-state index is 12.3. The summed E-state index contributed by atoms with van der Waals surface area (Å²) >= 11 is 0. The molecule has 1 aromatic rings. The van der Waals surface area contributed by atoms with Gasteiger partial charge in [0.1, 0.15) is 5.75 Å². The minimum absolute atomic E-state index is 0.00748. The molecule has 0 saturated heterocycles. The number of nitrogens with zero attached hydrogens (tertiary/aromatic N) is 1. The fourth-order valence-corrected chi connectivity index (χ4v) is 3.68. The number of aromatic nitrogens is 1. The molecule has 6 nitrogen and oxygen atoms in total. The summed E-state index contributed by atoms with van der Waals surface area (Å²) in [6, 6.07) is 2.86. The Morgan fingerprint density at radius 1 is 1.37 bits per heavy atom. The Labute approximate surface area is 162 Å². The Morgan fingerprint density at radius 2 is 2.04 bits per heavy atom. The topological polar surface area (TPSA) is 94.7 Å². The standard InChI is InChI=1S/C21H34N2O4/c1-14(2)11-19(22)21(25,20(24)26-4)13-16-12-18(9-10-23-16)27-17-7-5-15(3)6-8-17/h9-10,12,14-15,17,19,25H,5-8,11,13,22H2,1-4H3/t15-,17-,19-,21+/m0/s1. The minimum atomic E-state index is -1.81. The van der Waals surface area contributed by atoms with Gasteiger partial charge < -0.3 is 20.3 Å². The molecule has 1 heterocycles. The molecule has 0 unspecified atom stereocenters. The second-order valence-electron chi connectivity index (χ2n) is 8.31. The Kier molecular flexibility index (Phi) is 7.62. The number of rotatable bonds is 8. The van der Waals surface area contributed by atoms with Gasteiger partial charge in [-0.2, -0.15) is 0 Å². The fourth-order valence-electron chi connectivity index (χ4n) is 3.68. The van der Waals surface area contributed by atoms with E-state index in [0.29, 0.717) is 17.9 Å². The highest BCUT2D eigenvalue weighted by Gasteiger charge is 2.44. The lowest BCUT2D eigenvalue weighted by Gasteiger charge is -2.32. The first-order valence-corrected chi connectivity index (χ1v) is 9.92. The van der Waals surface area contributed by atoms with E-state index in [4.69, 9.17) is 15.2 Å². The predicted molar refractivity (Wildman–Crippen MR) is 104 cm³/mol. The molecule has 3 N–H and O–H groups in total. The molecule has 2 atom stereocenters. The Balaban J connectivity index is 2.12. The van der Waals surface area contributed by atoms with Crippen LogP contribution in [0.1, 0.15) is 58.6 Å². The third-order valence-corrected chi connectivity index (χ3v) is 5.38. The molecular weight excluding hydrogens is 344 g/mol. The average Bonchev–Trinajstić information content (AvgIpc) is 2.62. The number of hydrogen-bond donors (Lipinski definition) is 2. The first-order valence-electron chi connectivity index (χ1n) is 9.92. The zero-order chi connectivity index (χ0) is 20.0. The maximum absolute atomic E-state index is 12.3. The van der Waals surface area contributed by atoms with Crippen LogP contribution in [0.25, 0.3) is 0 Å². The van der Waals surface area contributed by atoms with Crippen LogP contribution >= 0.6 is 0 Å². The SMILES string of the molecule is COC(=O)[C@@](O)(Cc1cc(O[C@H]2CC[C@H](C)CC2)ccn1)[C@@H](N)CC(C)C. The van der Waals surface area contributed by atoms with Crippen molar-refractivity contribution in [3.8, 4) is 5.75 Å². The van der Waals surface area contributed by atoms with Crippen LogP contribution in [-0.4, -0.2) is 40.9 Å². The van der Waals surface area contributed by atoms with Gasteiger partial charge in [0.05, 0.1) is 13.2 Å². The quantitative estimate of drug-likeness (QED) is 0.676. The van der Waals surface area contributed by atoms with Gasteiger partial charge in [0, 0.05) is 30.4 Å². The number of esters is 1. The highest BCUT2D eigenvalue weighted by Crippen LogP contribution is 2.28. The van der Waals surface area contributed by atoms with Crippen molar-refractivity contribution in [2.75, 3.05) is 7.11 Å². The highest BCUT2D eigenvalue weighted by molar-refractivity contribution is 5.80. The molecule has 1 saturated carbocycles. The van der Waals surface area contributed by atoms with Crippen LogP contribution in [0.4, 0.5) is 0 Å². The van der Waals surface area contributed by atoms with Crippen LogP contribution in [0.15, 0.2) is 18.3 Å². The molecule has 2 rings (SSSR count). The van der Waals surface area contributed by atoms with Crippen LogP contribution in [-0.2, 0) is 16.0 Å². The fraction of sp³-hybridized carbons (Fsp3) is 0.714. The molecule has 0 aromatic carbocycles. The molecule has 152 valence electrons. The van der Waals surface area contributed by atoms with Crippen LogP contribution in [0.3, 0.4) is 0 Å². The summed E-state index contributed by atoms with van der Waals surface area (Å²) in [5.41, 5.74) is 4.91. The van der Waals surface area contributed by atoms with Gasteiger partial charge in [-0.1, -0.05) is 20.8 Å². The normalized spacial score (nSPS) is 23.5. The van der Waals surface area contributed by atoms with Gasteiger partial charge in [0.2, 0.25) is 0 Å². The number of hydrogen-bond acceptors (Lipinski definition) is 6. The van der Waals surface area contributed by atoms with Crippen LogP contribution < -0.4 is 10.5 Å². The van der Waals surface area contributed by atoms with E-state index in [1.807, 2.05) is 19.9 Å². The Morgan fingerprint density at radius 3 is 2.63 bits per heavy atom. The van der Waals surface area contributed by atoms with Gasteiger partial charge in [-0.15, -0.1) is 0 Å². The van der Waals surface area contributed by atoms with Crippen molar-refractivity contribution in [3.05, 3.63) is 24.0 Å². The molecule has 27 heavy (non-hydrogen) atoms. The van der Waals surface area contributed by atoms with Gasteiger partial charge in [-0.05, 0) is 50.0 Å². The number of ether oxygens (including phenoxy) is 2. The Bertz CT molecular complexity index is 614. The van der Waals surface area contributed by atoms with E-state index in [1.54, 1.807) is 12.3 Å². The molecule has 1 aromatic heterocycles. The molecule has 0 spiro atoms. The predicted octanol–water partition coefficient (Wildman–Crippen LogP) is 2.86. The van der Waals surface area contributed by atoms with Gasteiger partial charge in [-0.25, -0.2) is 4.79 Å². The lowest BCUT2D eigenvalue weighted by molar-refractivity contribution is -0.165. The van der Waals surface area contributed by atoms with E-state index in [2.05, 4.69) is 11.9 Å². The number of methoxy groups -OCH3 is 1. The highest BCUT2D eigenvalue weighted by atomic mass is 16.5. The molecule has 0 amide bonds. The summed E-state index contributed by atoms with van der Waals surface area (Å²) in [5.74, 6) is 0.983. The molecule has 0 radical (unpaired) electrons. The summed E-state index contributed by atoms with van der Waals surface area (Å²) in [6.07, 6.45) is 6.79. The number of carbonyl (C=O) groups is 1. The second kappa shape index (κ2) is 9.51. The van der Waals surface area contributed by atoms with Gasteiger partial charge in [0.25, 0.3) is 0 Å². The number of nitrogens with two attached hydrogens (primary N) is 1. The lowest BCUT2D eigenvalue weighted by atomic mass is 9.84. The molecule has 0 bridgehead atoms. The first-order chi connectivity index (χ1) is 12.7. The van der Waals surface area contributed by atoms with E-state index in [9.17, 15) is 9.90 Å². The molecule has 0 aliphatic heterocycles. The third-order valence-electron chi connectivity index (χ3n) is 5.38. The van der Waals surface area contributed by atoms with Crippen molar-refractivity contribution < 1.29 is 19.4 Å². The van der Waals surface area contributed by atoms with E-state index < -0.39 is 17.6 Å². The van der Waals surface area contributed by atoms with Crippen LogP contribution in [0, 0.1) is 11.8 Å². The van der Waals surface area contributed by atoms with Crippen LogP contribution in [0.5, 0.6) is 5.75 Å². The number of carbonyl (C=O) groups excluding carboxylic acids is 1. The smallest absolute Gasteiger partial charge is 0.339 e. The van der Waals surface area contributed by atoms with E-state index in [-0.39, 0.29) is 18.4 Å². The monoisotopic (exact) mass is 378 g/mol.